The maximum Gasteiger partial charge on any atom is 0.248 e. The van der Waals surface area contributed by atoms with Gasteiger partial charge in [-0.1, -0.05) is 6.07 Å². The number of hydrogen-bond donors (Lipinski definition) is 1. The average molecular weight is 409 g/mol. The Balaban J connectivity index is 1.38. The van der Waals surface area contributed by atoms with E-state index < -0.39 is 0 Å². The van der Waals surface area contributed by atoms with Crippen molar-refractivity contribution < 1.29 is 14.3 Å². The van der Waals surface area contributed by atoms with Gasteiger partial charge in [-0.2, -0.15) is 0 Å². The number of primary amides is 1. The minimum absolute atomic E-state index is 0.386. The Kier molecular flexibility index (Phi) is 5.90. The molecule has 0 atom stereocenters. The van der Waals surface area contributed by atoms with E-state index in [0.717, 1.165) is 61.1 Å². The molecule has 3 heterocycles. The highest BCUT2D eigenvalue weighted by atomic mass is 16.5. The second kappa shape index (κ2) is 8.75. The molecule has 0 radical (unpaired) electrons. The van der Waals surface area contributed by atoms with E-state index in [1.807, 2.05) is 24.4 Å². The van der Waals surface area contributed by atoms with Crippen molar-refractivity contribution in [2.45, 2.75) is 25.3 Å². The van der Waals surface area contributed by atoms with Crippen LogP contribution in [0.2, 0.25) is 0 Å². The van der Waals surface area contributed by atoms with Crippen molar-refractivity contribution in [3.63, 3.8) is 0 Å². The van der Waals surface area contributed by atoms with Crippen LogP contribution in [-0.2, 0) is 6.42 Å². The third-order valence-corrected chi connectivity index (χ3v) is 6.00. The van der Waals surface area contributed by atoms with Crippen LogP contribution in [-0.4, -0.2) is 54.2 Å². The predicted molar refractivity (Wildman–Crippen MR) is 116 cm³/mol. The molecule has 0 spiro atoms. The lowest BCUT2D eigenvalue weighted by Gasteiger charge is -2.33. The van der Waals surface area contributed by atoms with Crippen LogP contribution < -0.4 is 15.2 Å². The van der Waals surface area contributed by atoms with Crippen LogP contribution in [0.4, 0.5) is 0 Å². The number of hydrogen-bond acceptors (Lipinski definition) is 5. The van der Waals surface area contributed by atoms with E-state index in [2.05, 4.69) is 26.7 Å². The van der Waals surface area contributed by atoms with Crippen LogP contribution in [0.1, 0.15) is 34.8 Å². The normalized spacial score (nSPS) is 15.4. The average Bonchev–Trinajstić information content (AvgIpc) is 3.21. The van der Waals surface area contributed by atoms with Gasteiger partial charge >= 0.3 is 0 Å². The number of nitrogens with two attached hydrogens (primary N) is 1. The van der Waals surface area contributed by atoms with Crippen LogP contribution >= 0.6 is 0 Å². The molecular weight excluding hydrogens is 380 g/mol. The van der Waals surface area contributed by atoms with Gasteiger partial charge in [0.2, 0.25) is 11.8 Å². The van der Waals surface area contributed by atoms with Gasteiger partial charge in [0.15, 0.2) is 0 Å². The van der Waals surface area contributed by atoms with Crippen molar-refractivity contribution in [3.8, 4) is 11.6 Å². The third kappa shape index (κ3) is 4.11. The molecule has 1 aromatic carbocycles. The number of nitrogens with zero attached hydrogens (tertiary/aromatic N) is 3. The molecule has 1 aliphatic heterocycles. The van der Waals surface area contributed by atoms with Gasteiger partial charge in [-0.25, -0.2) is 4.98 Å². The molecule has 2 aromatic heterocycles. The maximum absolute atomic E-state index is 11.6. The highest BCUT2D eigenvalue weighted by Crippen LogP contribution is 2.29. The van der Waals surface area contributed by atoms with Gasteiger partial charge in [0.1, 0.15) is 5.75 Å². The summed E-state index contributed by atoms with van der Waals surface area (Å²) in [6.07, 6.45) is 7.00. The minimum Gasteiger partial charge on any atom is -0.496 e. The zero-order valence-electron chi connectivity index (χ0n) is 17.5. The number of carbonyl (C=O) groups is 1. The molecule has 0 bridgehead atoms. The van der Waals surface area contributed by atoms with Gasteiger partial charge in [-0.3, -0.25) is 4.79 Å². The SMILES string of the molecule is COc1cc(OC)c(CCN2CCC(n3ccc4ccc(C(N)=O)cc43)CC2)cn1. The number of methoxy groups -OCH3 is 2. The summed E-state index contributed by atoms with van der Waals surface area (Å²) >= 11 is 0. The van der Waals surface area contributed by atoms with Crippen molar-refractivity contribution in [3.05, 3.63) is 53.9 Å². The summed E-state index contributed by atoms with van der Waals surface area (Å²) in [5.41, 5.74) is 8.20. The lowest BCUT2D eigenvalue weighted by Crippen LogP contribution is -2.35. The number of likely N-dealkylation sites (tertiary alicyclic amines) is 1. The zero-order chi connectivity index (χ0) is 21.1. The molecule has 1 aliphatic rings. The Morgan fingerprint density at radius 3 is 2.67 bits per heavy atom. The van der Waals surface area contributed by atoms with Gasteiger partial charge in [-0.05, 0) is 42.8 Å². The van der Waals surface area contributed by atoms with E-state index in [1.54, 1.807) is 20.3 Å². The van der Waals surface area contributed by atoms with Crippen molar-refractivity contribution in [1.29, 1.82) is 0 Å². The van der Waals surface area contributed by atoms with Crippen molar-refractivity contribution in [2.24, 2.45) is 5.73 Å². The standard InChI is InChI=1S/C23H28N4O3/c1-29-21-14-22(30-2)25-15-18(21)5-9-26-10-7-19(8-11-26)27-12-6-16-3-4-17(23(24)28)13-20(16)27/h3-4,6,12-15,19H,5,7-11H2,1-2H3,(H2,24,28). The lowest BCUT2D eigenvalue weighted by molar-refractivity contribution is 0.100. The topological polar surface area (TPSA) is 82.6 Å². The molecule has 0 saturated carbocycles. The fraction of sp³-hybridized carbons (Fsp3) is 0.391. The first-order valence-electron chi connectivity index (χ1n) is 10.3. The molecule has 2 N–H and O–H groups in total. The van der Waals surface area contributed by atoms with Gasteiger partial charge in [-0.15, -0.1) is 0 Å². The first-order valence-corrected chi connectivity index (χ1v) is 10.3. The summed E-state index contributed by atoms with van der Waals surface area (Å²) in [5.74, 6) is 0.999. The summed E-state index contributed by atoms with van der Waals surface area (Å²) in [6, 6.07) is 10.0. The van der Waals surface area contributed by atoms with E-state index >= 15 is 0 Å². The Morgan fingerprint density at radius 2 is 1.97 bits per heavy atom. The smallest absolute Gasteiger partial charge is 0.248 e. The van der Waals surface area contributed by atoms with E-state index in [9.17, 15) is 4.79 Å². The molecule has 30 heavy (non-hydrogen) atoms. The van der Waals surface area contributed by atoms with Crippen LogP contribution in [0.25, 0.3) is 10.9 Å². The highest BCUT2D eigenvalue weighted by Gasteiger charge is 2.22. The Labute approximate surface area is 176 Å². The number of benzene rings is 1. The summed E-state index contributed by atoms with van der Waals surface area (Å²) in [5, 5.41) is 1.14. The van der Waals surface area contributed by atoms with Crippen molar-refractivity contribution in [1.82, 2.24) is 14.5 Å². The second-order valence-electron chi connectivity index (χ2n) is 7.72. The first-order chi connectivity index (χ1) is 14.6. The third-order valence-electron chi connectivity index (χ3n) is 6.00. The van der Waals surface area contributed by atoms with E-state index in [4.69, 9.17) is 15.2 Å². The van der Waals surface area contributed by atoms with Gasteiger partial charge in [0, 0.05) is 60.8 Å². The largest absolute Gasteiger partial charge is 0.496 e. The predicted octanol–water partition coefficient (Wildman–Crippen LogP) is 3.03. The van der Waals surface area contributed by atoms with Crippen LogP contribution in [0, 0.1) is 0 Å². The number of rotatable bonds is 7. The molecule has 4 rings (SSSR count). The summed E-state index contributed by atoms with van der Waals surface area (Å²) in [7, 11) is 3.28. The molecule has 158 valence electrons. The Bertz CT molecular complexity index is 1040. The molecule has 1 saturated heterocycles. The number of carbonyl (C=O) groups excluding carboxylic acids is 1. The quantitative estimate of drug-likeness (QED) is 0.650. The molecule has 1 fully saturated rings. The van der Waals surface area contributed by atoms with E-state index in [0.29, 0.717) is 17.5 Å². The van der Waals surface area contributed by atoms with E-state index in [1.165, 1.54) is 0 Å². The number of fused-ring (bicyclic) bond motifs is 1. The van der Waals surface area contributed by atoms with E-state index in [-0.39, 0.29) is 5.91 Å². The molecular formula is C23H28N4O3. The molecule has 0 aliphatic carbocycles. The molecule has 7 heteroatoms. The molecule has 1 amide bonds. The summed E-state index contributed by atoms with van der Waals surface area (Å²) in [4.78, 5) is 18.3. The molecule has 0 unspecified atom stereocenters. The lowest BCUT2D eigenvalue weighted by atomic mass is 10.0. The number of ether oxygens (including phenoxy) is 2. The molecule has 3 aromatic rings. The van der Waals surface area contributed by atoms with Gasteiger partial charge < -0.3 is 24.7 Å². The van der Waals surface area contributed by atoms with Gasteiger partial charge in [0.25, 0.3) is 0 Å². The number of pyridine rings is 1. The van der Waals surface area contributed by atoms with Gasteiger partial charge in [0.05, 0.1) is 14.2 Å². The Hall–Kier alpha value is -3.06. The molecule has 7 nitrogen and oxygen atoms in total. The summed E-state index contributed by atoms with van der Waals surface area (Å²) in [6.45, 7) is 3.03. The fourth-order valence-corrected chi connectivity index (χ4v) is 4.26. The van der Waals surface area contributed by atoms with Crippen LogP contribution in [0.3, 0.4) is 0 Å². The first kappa shape index (κ1) is 20.2. The number of piperidine rings is 1. The second-order valence-corrected chi connectivity index (χ2v) is 7.72. The highest BCUT2D eigenvalue weighted by molar-refractivity contribution is 5.97. The zero-order valence-corrected chi connectivity index (χ0v) is 17.5. The van der Waals surface area contributed by atoms with Crippen molar-refractivity contribution in [2.75, 3.05) is 33.9 Å². The van der Waals surface area contributed by atoms with Crippen LogP contribution in [0.15, 0.2) is 42.7 Å². The Morgan fingerprint density at radius 1 is 1.17 bits per heavy atom. The maximum atomic E-state index is 11.6. The fourth-order valence-electron chi connectivity index (χ4n) is 4.26. The number of amides is 1. The van der Waals surface area contributed by atoms with Crippen molar-refractivity contribution >= 4 is 16.8 Å². The number of aromatic nitrogens is 2. The van der Waals surface area contributed by atoms with Crippen LogP contribution in [0.5, 0.6) is 11.6 Å². The monoisotopic (exact) mass is 408 g/mol. The minimum atomic E-state index is -0.386. The summed E-state index contributed by atoms with van der Waals surface area (Å²) < 4.78 is 13.0.